The van der Waals surface area contributed by atoms with Gasteiger partial charge in [0.2, 0.25) is 5.95 Å². The van der Waals surface area contributed by atoms with Gasteiger partial charge in [-0.15, -0.1) is 0 Å². The molecule has 0 unspecified atom stereocenters. The SMILES string of the molecule is CCCNc1cc(-c2ccccc2)nc(Nc2ccc(C#N)cc2)n1. The van der Waals surface area contributed by atoms with Gasteiger partial charge in [-0.2, -0.15) is 10.2 Å². The van der Waals surface area contributed by atoms with Gasteiger partial charge in [0.1, 0.15) is 5.82 Å². The standard InChI is InChI=1S/C20H19N5/c1-2-12-22-19-13-18(16-6-4-3-5-7-16)24-20(25-19)23-17-10-8-15(14-21)9-11-17/h3-11,13H,2,12H2,1H3,(H2,22,23,24,25). The summed E-state index contributed by atoms with van der Waals surface area (Å²) in [5, 5.41) is 15.4. The van der Waals surface area contributed by atoms with E-state index in [1.165, 1.54) is 0 Å². The molecule has 3 aromatic rings. The predicted molar refractivity (Wildman–Crippen MR) is 101 cm³/mol. The zero-order valence-electron chi connectivity index (χ0n) is 14.0. The van der Waals surface area contributed by atoms with E-state index in [-0.39, 0.29) is 0 Å². The van der Waals surface area contributed by atoms with E-state index >= 15 is 0 Å². The quantitative estimate of drug-likeness (QED) is 0.692. The summed E-state index contributed by atoms with van der Waals surface area (Å²) in [7, 11) is 0. The van der Waals surface area contributed by atoms with E-state index in [9.17, 15) is 0 Å². The highest BCUT2D eigenvalue weighted by Crippen LogP contribution is 2.23. The van der Waals surface area contributed by atoms with Crippen molar-refractivity contribution in [3.05, 3.63) is 66.2 Å². The van der Waals surface area contributed by atoms with Gasteiger partial charge in [0.05, 0.1) is 17.3 Å². The second-order valence-electron chi connectivity index (χ2n) is 5.57. The molecule has 0 fully saturated rings. The summed E-state index contributed by atoms with van der Waals surface area (Å²) in [6.45, 7) is 2.96. The molecule has 3 rings (SSSR count). The molecule has 0 atom stereocenters. The van der Waals surface area contributed by atoms with Gasteiger partial charge in [0.15, 0.2) is 0 Å². The van der Waals surface area contributed by atoms with Crippen molar-refractivity contribution in [3.8, 4) is 17.3 Å². The first kappa shape index (κ1) is 16.5. The van der Waals surface area contributed by atoms with Crippen molar-refractivity contribution in [2.24, 2.45) is 0 Å². The molecular formula is C20H19N5. The van der Waals surface area contributed by atoms with Crippen LogP contribution in [0.25, 0.3) is 11.3 Å². The molecule has 5 nitrogen and oxygen atoms in total. The zero-order chi connectivity index (χ0) is 17.5. The molecule has 0 aliphatic heterocycles. The summed E-state index contributed by atoms with van der Waals surface area (Å²) >= 11 is 0. The van der Waals surface area contributed by atoms with Crippen molar-refractivity contribution in [2.75, 3.05) is 17.2 Å². The summed E-state index contributed by atoms with van der Waals surface area (Å²) < 4.78 is 0. The number of rotatable bonds is 6. The molecular weight excluding hydrogens is 310 g/mol. The average Bonchev–Trinajstić information content (AvgIpc) is 2.67. The maximum atomic E-state index is 8.90. The topological polar surface area (TPSA) is 73.6 Å². The average molecular weight is 329 g/mol. The number of nitrogens with zero attached hydrogens (tertiary/aromatic N) is 3. The summed E-state index contributed by atoms with van der Waals surface area (Å²) in [6.07, 6.45) is 1.02. The van der Waals surface area contributed by atoms with Gasteiger partial charge < -0.3 is 10.6 Å². The molecule has 0 aliphatic carbocycles. The van der Waals surface area contributed by atoms with Gasteiger partial charge in [0, 0.05) is 23.9 Å². The normalized spacial score (nSPS) is 10.1. The van der Waals surface area contributed by atoms with Crippen molar-refractivity contribution in [2.45, 2.75) is 13.3 Å². The maximum Gasteiger partial charge on any atom is 0.229 e. The van der Waals surface area contributed by atoms with E-state index in [2.05, 4.69) is 33.6 Å². The molecule has 0 radical (unpaired) electrons. The second kappa shape index (κ2) is 7.93. The van der Waals surface area contributed by atoms with Gasteiger partial charge >= 0.3 is 0 Å². The lowest BCUT2D eigenvalue weighted by molar-refractivity contribution is 0.966. The molecule has 0 spiro atoms. The molecule has 0 saturated carbocycles. The minimum Gasteiger partial charge on any atom is -0.370 e. The first-order valence-corrected chi connectivity index (χ1v) is 8.24. The van der Waals surface area contributed by atoms with Crippen molar-refractivity contribution in [1.29, 1.82) is 5.26 Å². The fraction of sp³-hybridized carbons (Fsp3) is 0.150. The lowest BCUT2D eigenvalue weighted by Crippen LogP contribution is -2.06. The van der Waals surface area contributed by atoms with E-state index in [1.807, 2.05) is 48.5 Å². The lowest BCUT2D eigenvalue weighted by Gasteiger charge is -2.11. The molecule has 124 valence electrons. The Bertz CT molecular complexity index is 867. The van der Waals surface area contributed by atoms with E-state index in [1.54, 1.807) is 12.1 Å². The highest BCUT2D eigenvalue weighted by atomic mass is 15.1. The highest BCUT2D eigenvalue weighted by molar-refractivity contribution is 5.66. The molecule has 2 aromatic carbocycles. The first-order chi connectivity index (χ1) is 12.3. The van der Waals surface area contributed by atoms with Crippen LogP contribution >= 0.6 is 0 Å². The number of hydrogen-bond donors (Lipinski definition) is 2. The van der Waals surface area contributed by atoms with Crippen LogP contribution in [-0.4, -0.2) is 16.5 Å². The number of benzene rings is 2. The fourth-order valence-electron chi connectivity index (χ4n) is 2.36. The number of nitrogens with one attached hydrogen (secondary N) is 2. The second-order valence-corrected chi connectivity index (χ2v) is 5.57. The van der Waals surface area contributed by atoms with Gasteiger partial charge in [-0.3, -0.25) is 0 Å². The van der Waals surface area contributed by atoms with Crippen molar-refractivity contribution in [1.82, 2.24) is 9.97 Å². The Morgan fingerprint density at radius 3 is 2.44 bits per heavy atom. The number of aromatic nitrogens is 2. The molecule has 0 saturated heterocycles. The van der Waals surface area contributed by atoms with Crippen LogP contribution in [0.3, 0.4) is 0 Å². The van der Waals surface area contributed by atoms with Crippen molar-refractivity contribution >= 4 is 17.5 Å². The summed E-state index contributed by atoms with van der Waals surface area (Å²) in [5.74, 6) is 1.30. The van der Waals surface area contributed by atoms with E-state index < -0.39 is 0 Å². The van der Waals surface area contributed by atoms with E-state index in [4.69, 9.17) is 5.26 Å². The predicted octanol–water partition coefficient (Wildman–Crippen LogP) is 4.58. The Hall–Kier alpha value is -3.39. The Morgan fingerprint density at radius 1 is 1.00 bits per heavy atom. The molecule has 0 bridgehead atoms. The molecule has 2 N–H and O–H groups in total. The van der Waals surface area contributed by atoms with Crippen molar-refractivity contribution in [3.63, 3.8) is 0 Å². The van der Waals surface area contributed by atoms with Crippen LogP contribution < -0.4 is 10.6 Å². The molecule has 1 heterocycles. The van der Waals surface area contributed by atoms with E-state index in [0.717, 1.165) is 35.7 Å². The first-order valence-electron chi connectivity index (χ1n) is 8.24. The summed E-state index contributed by atoms with van der Waals surface area (Å²) in [6, 6.07) is 21.3. The molecule has 0 amide bonds. The largest absolute Gasteiger partial charge is 0.370 e. The lowest BCUT2D eigenvalue weighted by atomic mass is 10.1. The van der Waals surface area contributed by atoms with Gasteiger partial charge in [-0.05, 0) is 30.7 Å². The Labute approximate surface area is 147 Å². The Kier molecular flexibility index (Phi) is 5.22. The molecule has 1 aromatic heterocycles. The summed E-state index contributed by atoms with van der Waals surface area (Å²) in [4.78, 5) is 9.16. The number of hydrogen-bond acceptors (Lipinski definition) is 5. The van der Waals surface area contributed by atoms with Crippen LogP contribution in [0, 0.1) is 11.3 Å². The minimum absolute atomic E-state index is 0.518. The molecule has 5 heteroatoms. The fourth-order valence-corrected chi connectivity index (χ4v) is 2.36. The third kappa shape index (κ3) is 4.33. The smallest absolute Gasteiger partial charge is 0.229 e. The number of anilines is 3. The third-order valence-electron chi connectivity index (χ3n) is 3.62. The molecule has 25 heavy (non-hydrogen) atoms. The Balaban J connectivity index is 1.92. The maximum absolute atomic E-state index is 8.90. The van der Waals surface area contributed by atoms with Gasteiger partial charge in [-0.1, -0.05) is 37.3 Å². The van der Waals surface area contributed by atoms with Crippen LogP contribution in [0.4, 0.5) is 17.5 Å². The highest BCUT2D eigenvalue weighted by Gasteiger charge is 2.07. The van der Waals surface area contributed by atoms with Crippen LogP contribution in [0.15, 0.2) is 60.7 Å². The summed E-state index contributed by atoms with van der Waals surface area (Å²) in [5.41, 5.74) is 3.35. The molecule has 0 aliphatic rings. The zero-order valence-corrected chi connectivity index (χ0v) is 14.0. The third-order valence-corrected chi connectivity index (χ3v) is 3.62. The monoisotopic (exact) mass is 329 g/mol. The van der Waals surface area contributed by atoms with Crippen LogP contribution in [0.1, 0.15) is 18.9 Å². The van der Waals surface area contributed by atoms with Crippen molar-refractivity contribution < 1.29 is 0 Å². The van der Waals surface area contributed by atoms with Crippen LogP contribution in [-0.2, 0) is 0 Å². The van der Waals surface area contributed by atoms with E-state index in [0.29, 0.717) is 11.5 Å². The van der Waals surface area contributed by atoms with Crippen LogP contribution in [0.2, 0.25) is 0 Å². The number of nitriles is 1. The van der Waals surface area contributed by atoms with Gasteiger partial charge in [0.25, 0.3) is 0 Å². The minimum atomic E-state index is 0.518. The van der Waals surface area contributed by atoms with Gasteiger partial charge in [-0.25, -0.2) is 4.98 Å². The van der Waals surface area contributed by atoms with Crippen LogP contribution in [0.5, 0.6) is 0 Å². The Morgan fingerprint density at radius 2 is 1.76 bits per heavy atom.